The Morgan fingerprint density at radius 2 is 2.22 bits per heavy atom. The van der Waals surface area contributed by atoms with E-state index in [9.17, 15) is 9.18 Å². The number of likely N-dealkylation sites (N-methyl/N-ethyl adjacent to an activating group) is 1. The molecule has 0 fully saturated rings. The molecule has 1 aromatic carbocycles. The first-order valence-electron chi connectivity index (χ1n) is 5.59. The highest BCUT2D eigenvalue weighted by atomic mass is 19.1. The van der Waals surface area contributed by atoms with Gasteiger partial charge in [0.05, 0.1) is 11.1 Å². The van der Waals surface area contributed by atoms with E-state index in [0.717, 1.165) is 0 Å². The van der Waals surface area contributed by atoms with Crippen molar-refractivity contribution in [2.24, 2.45) is 0 Å². The van der Waals surface area contributed by atoms with Crippen molar-refractivity contribution in [1.29, 1.82) is 0 Å². The molecular weight excluding hydrogens is 235 g/mol. The van der Waals surface area contributed by atoms with Gasteiger partial charge >= 0.3 is 5.97 Å². The molecule has 0 amide bonds. The standard InChI is InChI=1S/C13H13FN2O2/c1-15-5-4-9-7-11(13(17)18)10-3-2-8(14)6-12(10)16-9/h2-3,6-7,15H,4-5H2,1H3,(H,17,18). The van der Waals surface area contributed by atoms with Crippen molar-refractivity contribution in [3.05, 3.63) is 41.3 Å². The first-order chi connectivity index (χ1) is 8.61. The van der Waals surface area contributed by atoms with Crippen LogP contribution in [-0.2, 0) is 6.42 Å². The lowest BCUT2D eigenvalue weighted by molar-refractivity contribution is 0.0699. The lowest BCUT2D eigenvalue weighted by Gasteiger charge is -2.06. The molecule has 0 unspecified atom stereocenters. The first kappa shape index (κ1) is 12.4. The van der Waals surface area contributed by atoms with Crippen molar-refractivity contribution >= 4 is 16.9 Å². The van der Waals surface area contributed by atoms with E-state index in [4.69, 9.17) is 5.11 Å². The van der Waals surface area contributed by atoms with Crippen LogP contribution in [0.2, 0.25) is 0 Å². The van der Waals surface area contributed by atoms with Crippen LogP contribution in [0.15, 0.2) is 24.3 Å². The van der Waals surface area contributed by atoms with Gasteiger partial charge in [-0.15, -0.1) is 0 Å². The minimum Gasteiger partial charge on any atom is -0.478 e. The zero-order valence-electron chi connectivity index (χ0n) is 9.90. The zero-order valence-corrected chi connectivity index (χ0v) is 9.90. The molecule has 18 heavy (non-hydrogen) atoms. The summed E-state index contributed by atoms with van der Waals surface area (Å²) < 4.78 is 13.2. The molecule has 1 heterocycles. The SMILES string of the molecule is CNCCc1cc(C(=O)O)c2ccc(F)cc2n1. The number of aromatic carboxylic acids is 1. The van der Waals surface area contributed by atoms with E-state index in [1.165, 1.54) is 18.2 Å². The van der Waals surface area contributed by atoms with Gasteiger partial charge in [0.15, 0.2) is 0 Å². The highest BCUT2D eigenvalue weighted by Gasteiger charge is 2.12. The summed E-state index contributed by atoms with van der Waals surface area (Å²) in [6.07, 6.45) is 0.600. The van der Waals surface area contributed by atoms with Crippen molar-refractivity contribution in [2.45, 2.75) is 6.42 Å². The molecule has 0 radical (unpaired) electrons. The Morgan fingerprint density at radius 3 is 2.89 bits per heavy atom. The number of nitrogens with zero attached hydrogens (tertiary/aromatic N) is 1. The van der Waals surface area contributed by atoms with E-state index in [-0.39, 0.29) is 5.56 Å². The summed E-state index contributed by atoms with van der Waals surface area (Å²) >= 11 is 0. The van der Waals surface area contributed by atoms with Gasteiger partial charge in [-0.05, 0) is 25.2 Å². The van der Waals surface area contributed by atoms with Crippen molar-refractivity contribution < 1.29 is 14.3 Å². The average molecular weight is 248 g/mol. The van der Waals surface area contributed by atoms with Gasteiger partial charge < -0.3 is 10.4 Å². The number of carboxylic acids is 1. The van der Waals surface area contributed by atoms with Crippen molar-refractivity contribution in [3.63, 3.8) is 0 Å². The maximum Gasteiger partial charge on any atom is 0.336 e. The van der Waals surface area contributed by atoms with E-state index >= 15 is 0 Å². The van der Waals surface area contributed by atoms with Crippen LogP contribution in [0.25, 0.3) is 10.9 Å². The number of halogens is 1. The number of hydrogen-bond donors (Lipinski definition) is 2. The fourth-order valence-corrected chi connectivity index (χ4v) is 1.81. The van der Waals surface area contributed by atoms with Gasteiger partial charge in [-0.2, -0.15) is 0 Å². The molecule has 0 aliphatic heterocycles. The zero-order chi connectivity index (χ0) is 13.1. The average Bonchev–Trinajstić information content (AvgIpc) is 2.34. The van der Waals surface area contributed by atoms with Crippen LogP contribution in [0.5, 0.6) is 0 Å². The molecule has 0 aliphatic carbocycles. The summed E-state index contributed by atoms with van der Waals surface area (Å²) in [6, 6.07) is 5.48. The number of carboxylic acid groups (broad SMARTS) is 1. The van der Waals surface area contributed by atoms with Gasteiger partial charge in [-0.25, -0.2) is 9.18 Å². The van der Waals surface area contributed by atoms with Crippen molar-refractivity contribution in [1.82, 2.24) is 10.3 Å². The molecule has 0 saturated carbocycles. The lowest BCUT2D eigenvalue weighted by Crippen LogP contribution is -2.12. The molecule has 94 valence electrons. The van der Waals surface area contributed by atoms with E-state index in [1.54, 1.807) is 13.1 Å². The Balaban J connectivity index is 2.59. The lowest BCUT2D eigenvalue weighted by atomic mass is 10.1. The molecule has 0 saturated heterocycles. The molecule has 5 heteroatoms. The first-order valence-corrected chi connectivity index (χ1v) is 5.59. The normalized spacial score (nSPS) is 10.8. The van der Waals surface area contributed by atoms with Crippen LogP contribution in [0, 0.1) is 5.82 Å². The number of hydrogen-bond acceptors (Lipinski definition) is 3. The third-order valence-electron chi connectivity index (χ3n) is 2.69. The van der Waals surface area contributed by atoms with Crippen molar-refractivity contribution in [3.8, 4) is 0 Å². The number of fused-ring (bicyclic) bond motifs is 1. The predicted octanol–water partition coefficient (Wildman–Crippen LogP) is 1.83. The molecule has 0 spiro atoms. The Hall–Kier alpha value is -2.01. The molecule has 0 atom stereocenters. The smallest absolute Gasteiger partial charge is 0.336 e. The molecule has 2 aromatic rings. The molecule has 0 bridgehead atoms. The van der Waals surface area contributed by atoms with Crippen LogP contribution in [0.1, 0.15) is 16.1 Å². The van der Waals surface area contributed by atoms with E-state index < -0.39 is 11.8 Å². The highest BCUT2D eigenvalue weighted by Crippen LogP contribution is 2.20. The Kier molecular flexibility index (Phi) is 3.53. The topological polar surface area (TPSA) is 62.2 Å². The fourth-order valence-electron chi connectivity index (χ4n) is 1.81. The second-order valence-electron chi connectivity index (χ2n) is 3.98. The molecular formula is C13H13FN2O2. The minimum atomic E-state index is -1.03. The maximum absolute atomic E-state index is 13.2. The van der Waals surface area contributed by atoms with Gasteiger partial charge in [0.1, 0.15) is 5.82 Å². The van der Waals surface area contributed by atoms with Gasteiger partial charge in [0.25, 0.3) is 0 Å². The van der Waals surface area contributed by atoms with Gasteiger partial charge in [0.2, 0.25) is 0 Å². The van der Waals surface area contributed by atoms with Gasteiger partial charge in [-0.3, -0.25) is 4.98 Å². The number of rotatable bonds is 4. The maximum atomic E-state index is 13.2. The van der Waals surface area contributed by atoms with E-state index in [1.807, 2.05) is 0 Å². The second-order valence-corrected chi connectivity index (χ2v) is 3.98. The van der Waals surface area contributed by atoms with E-state index in [2.05, 4.69) is 10.3 Å². The number of aromatic nitrogens is 1. The summed E-state index contributed by atoms with van der Waals surface area (Å²) in [5.74, 6) is -1.45. The van der Waals surface area contributed by atoms with Crippen LogP contribution in [-0.4, -0.2) is 29.7 Å². The van der Waals surface area contributed by atoms with E-state index in [0.29, 0.717) is 29.6 Å². The van der Waals surface area contributed by atoms with Gasteiger partial charge in [-0.1, -0.05) is 0 Å². The van der Waals surface area contributed by atoms with Crippen molar-refractivity contribution in [2.75, 3.05) is 13.6 Å². The number of nitrogens with one attached hydrogen (secondary N) is 1. The monoisotopic (exact) mass is 248 g/mol. The number of benzene rings is 1. The highest BCUT2D eigenvalue weighted by molar-refractivity contribution is 6.02. The molecule has 0 aliphatic rings. The summed E-state index contributed by atoms with van der Waals surface area (Å²) in [5, 5.41) is 12.6. The largest absolute Gasteiger partial charge is 0.478 e. The van der Waals surface area contributed by atoms with Crippen LogP contribution in [0.4, 0.5) is 4.39 Å². The summed E-state index contributed by atoms with van der Waals surface area (Å²) in [6.45, 7) is 0.687. The predicted molar refractivity (Wildman–Crippen MR) is 66.3 cm³/mol. The summed E-state index contributed by atoms with van der Waals surface area (Å²) in [4.78, 5) is 15.5. The molecule has 4 nitrogen and oxygen atoms in total. The molecule has 2 N–H and O–H groups in total. The second kappa shape index (κ2) is 5.10. The summed E-state index contributed by atoms with van der Waals surface area (Å²) in [7, 11) is 1.80. The quantitative estimate of drug-likeness (QED) is 0.866. The van der Waals surface area contributed by atoms with Gasteiger partial charge in [0, 0.05) is 30.1 Å². The number of carbonyl (C=O) groups is 1. The van der Waals surface area contributed by atoms with Crippen LogP contribution in [0.3, 0.4) is 0 Å². The third kappa shape index (κ3) is 2.46. The number of pyridine rings is 1. The molecule has 1 aromatic heterocycles. The third-order valence-corrected chi connectivity index (χ3v) is 2.69. The Labute approximate surface area is 103 Å². The Bertz CT molecular complexity index is 599. The molecule has 2 rings (SSSR count). The van der Waals surface area contributed by atoms with Crippen LogP contribution >= 0.6 is 0 Å². The summed E-state index contributed by atoms with van der Waals surface area (Å²) in [5.41, 5.74) is 1.17. The Morgan fingerprint density at radius 1 is 1.44 bits per heavy atom. The fraction of sp³-hybridized carbons (Fsp3) is 0.231. The van der Waals surface area contributed by atoms with Crippen LogP contribution < -0.4 is 5.32 Å². The minimum absolute atomic E-state index is 0.158.